The Morgan fingerprint density at radius 3 is 2.92 bits per heavy atom. The van der Waals surface area contributed by atoms with Gasteiger partial charge in [-0.05, 0) is 43.0 Å². The number of aromatic nitrogens is 2. The summed E-state index contributed by atoms with van der Waals surface area (Å²) in [6.45, 7) is 3.80. The summed E-state index contributed by atoms with van der Waals surface area (Å²) in [5.74, 6) is -0.763. The molecule has 3 aromatic rings. The summed E-state index contributed by atoms with van der Waals surface area (Å²) in [6, 6.07) is 7.56. The number of primary amides is 1. The number of aromatic amines is 1. The quantitative estimate of drug-likeness (QED) is 0.608. The van der Waals surface area contributed by atoms with Crippen molar-refractivity contribution in [1.82, 2.24) is 9.97 Å². The first kappa shape index (κ1) is 16.5. The van der Waals surface area contributed by atoms with Gasteiger partial charge in [0.2, 0.25) is 5.91 Å². The van der Waals surface area contributed by atoms with Gasteiger partial charge >= 0.3 is 0 Å². The summed E-state index contributed by atoms with van der Waals surface area (Å²) in [6.07, 6.45) is 0. The van der Waals surface area contributed by atoms with Crippen LogP contribution in [0.2, 0.25) is 0 Å². The summed E-state index contributed by atoms with van der Waals surface area (Å²) in [5.41, 5.74) is 8.56. The van der Waals surface area contributed by atoms with Crippen molar-refractivity contribution in [2.24, 2.45) is 5.73 Å². The summed E-state index contributed by atoms with van der Waals surface area (Å²) < 4.78 is 0. The summed E-state index contributed by atoms with van der Waals surface area (Å²) in [7, 11) is 0. The Balaban J connectivity index is 1.71. The van der Waals surface area contributed by atoms with Crippen LogP contribution in [-0.2, 0) is 4.79 Å². The number of H-pyrrole nitrogens is 1. The van der Waals surface area contributed by atoms with E-state index in [1.807, 2.05) is 25.1 Å². The molecule has 0 fully saturated rings. The van der Waals surface area contributed by atoms with Gasteiger partial charge in [0.05, 0.1) is 21.8 Å². The number of thiophene rings is 1. The van der Waals surface area contributed by atoms with Crippen molar-refractivity contribution < 1.29 is 9.59 Å². The second-order valence-electron chi connectivity index (χ2n) is 5.34. The molecule has 0 saturated heterocycles. The van der Waals surface area contributed by atoms with Crippen LogP contribution in [-0.4, -0.2) is 27.0 Å². The van der Waals surface area contributed by atoms with Crippen LogP contribution in [0.3, 0.4) is 0 Å². The summed E-state index contributed by atoms with van der Waals surface area (Å²) in [5, 5.41) is 5.24. The van der Waals surface area contributed by atoms with Gasteiger partial charge in [0.15, 0.2) is 5.16 Å². The fourth-order valence-corrected chi connectivity index (χ4v) is 3.81. The van der Waals surface area contributed by atoms with E-state index in [1.54, 1.807) is 18.4 Å². The van der Waals surface area contributed by atoms with Crippen LogP contribution >= 0.6 is 23.1 Å². The van der Waals surface area contributed by atoms with Crippen LogP contribution < -0.4 is 11.1 Å². The van der Waals surface area contributed by atoms with Gasteiger partial charge in [-0.25, -0.2) is 4.98 Å². The first-order chi connectivity index (χ1) is 11.4. The van der Waals surface area contributed by atoms with Crippen LogP contribution in [0.5, 0.6) is 0 Å². The van der Waals surface area contributed by atoms with Crippen LogP contribution in [0.4, 0.5) is 5.00 Å². The number of nitrogens with zero attached hydrogens (tertiary/aromatic N) is 1. The maximum atomic E-state index is 12.3. The number of nitrogens with one attached hydrogen (secondary N) is 2. The molecule has 2 amide bonds. The standard InChI is InChI=1S/C16H16N4O2S2/c1-8-3-4-11-12(7-8)19-16(18-11)24-9(2)14(22)20-15-10(13(17)21)5-6-23-15/h3-7,9H,1-2H3,(H2,17,21)(H,18,19)(H,20,22)/t9-/m1/s1. The molecule has 2 aromatic heterocycles. The smallest absolute Gasteiger partial charge is 0.251 e. The normalized spacial score (nSPS) is 12.2. The van der Waals surface area contributed by atoms with Gasteiger partial charge in [-0.2, -0.15) is 0 Å². The number of hydrogen-bond donors (Lipinski definition) is 3. The Morgan fingerprint density at radius 2 is 2.17 bits per heavy atom. The van der Waals surface area contributed by atoms with Crippen molar-refractivity contribution in [3.8, 4) is 0 Å². The highest BCUT2D eigenvalue weighted by atomic mass is 32.2. The third kappa shape index (κ3) is 3.44. The molecule has 8 heteroatoms. The molecule has 124 valence electrons. The van der Waals surface area contributed by atoms with E-state index < -0.39 is 5.91 Å². The number of aryl methyl sites for hydroxylation is 1. The first-order valence-corrected chi connectivity index (χ1v) is 9.01. The number of anilines is 1. The molecule has 0 spiro atoms. The van der Waals surface area contributed by atoms with Crippen molar-refractivity contribution in [3.05, 3.63) is 40.8 Å². The van der Waals surface area contributed by atoms with E-state index >= 15 is 0 Å². The van der Waals surface area contributed by atoms with E-state index in [2.05, 4.69) is 15.3 Å². The van der Waals surface area contributed by atoms with E-state index in [-0.39, 0.29) is 11.2 Å². The van der Waals surface area contributed by atoms with Gasteiger partial charge < -0.3 is 16.0 Å². The van der Waals surface area contributed by atoms with Crippen molar-refractivity contribution in [1.29, 1.82) is 0 Å². The monoisotopic (exact) mass is 360 g/mol. The van der Waals surface area contributed by atoms with Crippen LogP contribution in [0, 0.1) is 6.92 Å². The van der Waals surface area contributed by atoms with E-state index in [4.69, 9.17) is 5.73 Å². The summed E-state index contributed by atoms with van der Waals surface area (Å²) in [4.78, 5) is 31.3. The highest BCUT2D eigenvalue weighted by molar-refractivity contribution is 8.00. The number of hydrogen-bond acceptors (Lipinski definition) is 5. The number of carbonyl (C=O) groups excluding carboxylic acids is 2. The highest BCUT2D eigenvalue weighted by Gasteiger charge is 2.19. The minimum atomic E-state index is -0.556. The lowest BCUT2D eigenvalue weighted by Gasteiger charge is -2.10. The molecule has 6 nitrogen and oxygen atoms in total. The molecule has 1 aromatic carbocycles. The van der Waals surface area contributed by atoms with E-state index in [0.717, 1.165) is 16.6 Å². The number of fused-ring (bicyclic) bond motifs is 1. The molecule has 0 aliphatic carbocycles. The molecule has 1 atom stereocenters. The molecule has 3 rings (SSSR count). The number of carbonyl (C=O) groups is 2. The number of thioether (sulfide) groups is 1. The lowest BCUT2D eigenvalue weighted by atomic mass is 10.2. The maximum absolute atomic E-state index is 12.3. The molecule has 0 saturated carbocycles. The minimum absolute atomic E-state index is 0.207. The molecule has 0 bridgehead atoms. The van der Waals surface area contributed by atoms with Gasteiger partial charge in [0.1, 0.15) is 5.00 Å². The molecular formula is C16H16N4O2S2. The molecule has 0 radical (unpaired) electrons. The topological polar surface area (TPSA) is 101 Å². The molecule has 4 N–H and O–H groups in total. The van der Waals surface area contributed by atoms with E-state index in [1.165, 1.54) is 23.1 Å². The Morgan fingerprint density at radius 1 is 1.38 bits per heavy atom. The van der Waals surface area contributed by atoms with Crippen LogP contribution in [0.1, 0.15) is 22.8 Å². The average molecular weight is 360 g/mol. The van der Waals surface area contributed by atoms with Gasteiger partial charge in [0, 0.05) is 0 Å². The van der Waals surface area contributed by atoms with Crippen LogP contribution in [0.15, 0.2) is 34.8 Å². The largest absolute Gasteiger partial charge is 0.366 e. The zero-order valence-electron chi connectivity index (χ0n) is 13.1. The Labute approximate surface area is 146 Å². The molecule has 24 heavy (non-hydrogen) atoms. The fourth-order valence-electron chi connectivity index (χ4n) is 2.19. The molecule has 0 aliphatic rings. The van der Waals surface area contributed by atoms with Gasteiger partial charge in [0.25, 0.3) is 5.91 Å². The highest BCUT2D eigenvalue weighted by Crippen LogP contribution is 2.27. The average Bonchev–Trinajstić information content (AvgIpc) is 3.12. The molecular weight excluding hydrogens is 344 g/mol. The third-order valence-corrected chi connectivity index (χ3v) is 5.25. The Hall–Kier alpha value is -2.32. The number of benzene rings is 1. The van der Waals surface area contributed by atoms with Crippen molar-refractivity contribution >= 4 is 50.9 Å². The van der Waals surface area contributed by atoms with Crippen molar-refractivity contribution in [2.75, 3.05) is 5.32 Å². The van der Waals surface area contributed by atoms with E-state index in [0.29, 0.717) is 15.7 Å². The molecule has 0 unspecified atom stereocenters. The maximum Gasteiger partial charge on any atom is 0.251 e. The van der Waals surface area contributed by atoms with Gasteiger partial charge in [-0.3, -0.25) is 9.59 Å². The second-order valence-corrected chi connectivity index (χ2v) is 7.59. The van der Waals surface area contributed by atoms with Crippen molar-refractivity contribution in [2.45, 2.75) is 24.3 Å². The zero-order valence-corrected chi connectivity index (χ0v) is 14.8. The predicted molar refractivity (Wildman–Crippen MR) is 97.6 cm³/mol. The first-order valence-electron chi connectivity index (χ1n) is 7.25. The Bertz CT molecular complexity index is 916. The minimum Gasteiger partial charge on any atom is -0.366 e. The lowest BCUT2D eigenvalue weighted by molar-refractivity contribution is -0.115. The van der Waals surface area contributed by atoms with Gasteiger partial charge in [-0.15, -0.1) is 11.3 Å². The molecule has 2 heterocycles. The Kier molecular flexibility index (Phi) is 4.59. The second kappa shape index (κ2) is 6.66. The number of nitrogens with two attached hydrogens (primary N) is 1. The number of rotatable bonds is 5. The number of imidazole rings is 1. The SMILES string of the molecule is Cc1ccc2nc(S[C@H](C)C(=O)Nc3sccc3C(N)=O)[nH]c2c1. The van der Waals surface area contributed by atoms with Crippen LogP contribution in [0.25, 0.3) is 11.0 Å². The van der Waals surface area contributed by atoms with E-state index in [9.17, 15) is 9.59 Å². The number of amides is 2. The summed E-state index contributed by atoms with van der Waals surface area (Å²) >= 11 is 2.60. The zero-order chi connectivity index (χ0) is 17.3. The van der Waals surface area contributed by atoms with Gasteiger partial charge in [-0.1, -0.05) is 17.8 Å². The molecule has 0 aliphatic heterocycles. The lowest BCUT2D eigenvalue weighted by Crippen LogP contribution is -2.23. The third-order valence-electron chi connectivity index (χ3n) is 3.44. The predicted octanol–water partition coefficient (Wildman–Crippen LogP) is 3.15. The fraction of sp³-hybridized carbons (Fsp3) is 0.188. The van der Waals surface area contributed by atoms with Crippen molar-refractivity contribution in [3.63, 3.8) is 0 Å².